The van der Waals surface area contributed by atoms with Crippen LogP contribution in [0.4, 0.5) is 0 Å². The average molecular weight is 290 g/mol. The third-order valence-electron chi connectivity index (χ3n) is 2.28. The Hall–Kier alpha value is -1.59. The zero-order valence-corrected chi connectivity index (χ0v) is 12.3. The number of aromatic amines is 1. The van der Waals surface area contributed by atoms with Gasteiger partial charge in [0.15, 0.2) is 11.4 Å². The van der Waals surface area contributed by atoms with Gasteiger partial charge in [-0.15, -0.1) is 11.3 Å². The molecule has 0 unspecified atom stereocenters. The van der Waals surface area contributed by atoms with E-state index in [4.69, 9.17) is 0 Å². The molecule has 0 spiro atoms. The molecule has 0 radical (unpaired) electrons. The number of fused-ring (bicyclic) bond motifs is 1. The number of hydrogen-bond donors (Lipinski definition) is 1. The fraction of sp³-hybridized carbons (Fsp3) is 0.143. The van der Waals surface area contributed by atoms with E-state index in [0.29, 0.717) is 0 Å². The van der Waals surface area contributed by atoms with Gasteiger partial charge in [-0.2, -0.15) is 0 Å². The highest BCUT2D eigenvalue weighted by atomic mass is 32.2. The lowest BCUT2D eigenvalue weighted by Crippen LogP contribution is -1.70. The van der Waals surface area contributed by atoms with Gasteiger partial charge in [0.25, 0.3) is 0 Å². The summed E-state index contributed by atoms with van der Waals surface area (Å²) in [6, 6.07) is 11.7. The highest BCUT2D eigenvalue weighted by Crippen LogP contribution is 2.32. The van der Waals surface area contributed by atoms with E-state index in [1.807, 2.05) is 50.2 Å². The third-order valence-corrected chi connectivity index (χ3v) is 4.31. The molecule has 2 heterocycles. The summed E-state index contributed by atoms with van der Waals surface area (Å²) in [5.74, 6) is 0. The second kappa shape index (κ2) is 6.54. The molecule has 0 saturated heterocycles. The predicted molar refractivity (Wildman–Crippen MR) is 81.3 cm³/mol. The fourth-order valence-electron chi connectivity index (χ4n) is 1.53. The van der Waals surface area contributed by atoms with E-state index in [1.165, 1.54) is 11.3 Å². The minimum atomic E-state index is 0.739. The van der Waals surface area contributed by atoms with Crippen molar-refractivity contribution in [3.05, 3.63) is 41.3 Å². The van der Waals surface area contributed by atoms with E-state index >= 15 is 0 Å². The predicted octanol–water partition coefficient (Wildman–Crippen LogP) is 4.61. The first kappa shape index (κ1) is 13.8. The monoisotopic (exact) mass is 290 g/mol. The Morgan fingerprint density at radius 1 is 1.21 bits per heavy atom. The number of imidazole rings is 1. The molecular formula is C14H14N2OS2. The SMILES string of the molecule is CC.O=Cc1ccc(Sc2nc3ccccc3[nH]2)s1. The van der Waals surface area contributed by atoms with Crippen LogP contribution in [0.3, 0.4) is 0 Å². The van der Waals surface area contributed by atoms with Crippen molar-refractivity contribution >= 4 is 40.4 Å². The molecule has 0 saturated carbocycles. The molecule has 5 heteroatoms. The van der Waals surface area contributed by atoms with Crippen LogP contribution in [-0.4, -0.2) is 16.3 Å². The summed E-state index contributed by atoms with van der Waals surface area (Å²) in [5.41, 5.74) is 1.99. The fourth-order valence-corrected chi connectivity index (χ4v) is 3.40. The maximum absolute atomic E-state index is 10.6. The summed E-state index contributed by atoms with van der Waals surface area (Å²) >= 11 is 3.02. The summed E-state index contributed by atoms with van der Waals surface area (Å²) in [6.45, 7) is 4.00. The van der Waals surface area contributed by atoms with Gasteiger partial charge in [-0.05, 0) is 36.0 Å². The second-order valence-corrected chi connectivity index (χ2v) is 5.84. The molecule has 1 aromatic carbocycles. The standard InChI is InChI=1S/C12H8N2OS2.C2H6/c15-7-8-5-6-11(16-8)17-12-13-9-3-1-2-4-10(9)14-12;1-2/h1-7H,(H,13,14);1-2H3. The number of nitrogens with one attached hydrogen (secondary N) is 1. The number of hydrogen-bond acceptors (Lipinski definition) is 4. The van der Waals surface area contributed by atoms with Crippen LogP contribution in [0.25, 0.3) is 11.0 Å². The Balaban J connectivity index is 0.000000637. The molecule has 3 nitrogen and oxygen atoms in total. The molecule has 98 valence electrons. The zero-order chi connectivity index (χ0) is 13.7. The van der Waals surface area contributed by atoms with Crippen LogP contribution < -0.4 is 0 Å². The zero-order valence-electron chi connectivity index (χ0n) is 10.7. The van der Waals surface area contributed by atoms with E-state index in [0.717, 1.165) is 31.6 Å². The number of carbonyl (C=O) groups is 1. The number of para-hydroxylation sites is 2. The molecule has 0 amide bonds. The van der Waals surface area contributed by atoms with Gasteiger partial charge in [-0.25, -0.2) is 4.98 Å². The van der Waals surface area contributed by atoms with Gasteiger partial charge >= 0.3 is 0 Å². The molecule has 0 aliphatic rings. The minimum absolute atomic E-state index is 0.739. The van der Waals surface area contributed by atoms with Crippen molar-refractivity contribution in [3.63, 3.8) is 0 Å². The summed E-state index contributed by atoms with van der Waals surface area (Å²) < 4.78 is 1.06. The number of H-pyrrole nitrogens is 1. The van der Waals surface area contributed by atoms with Crippen LogP contribution in [-0.2, 0) is 0 Å². The van der Waals surface area contributed by atoms with Gasteiger partial charge in [0.1, 0.15) is 0 Å². The van der Waals surface area contributed by atoms with E-state index in [-0.39, 0.29) is 0 Å². The van der Waals surface area contributed by atoms with Crippen LogP contribution in [0.5, 0.6) is 0 Å². The van der Waals surface area contributed by atoms with Gasteiger partial charge in [0, 0.05) is 0 Å². The number of aldehydes is 1. The summed E-state index contributed by atoms with van der Waals surface area (Å²) in [5, 5.41) is 0.852. The number of rotatable bonds is 3. The quantitative estimate of drug-likeness (QED) is 0.716. The topological polar surface area (TPSA) is 45.8 Å². The molecular weight excluding hydrogens is 276 g/mol. The van der Waals surface area contributed by atoms with E-state index in [1.54, 1.807) is 11.8 Å². The van der Waals surface area contributed by atoms with Crippen LogP contribution in [0.2, 0.25) is 0 Å². The van der Waals surface area contributed by atoms with Crippen LogP contribution >= 0.6 is 23.1 Å². The first-order valence-corrected chi connectivity index (χ1v) is 7.66. The van der Waals surface area contributed by atoms with Crippen molar-refractivity contribution in [2.24, 2.45) is 0 Å². The van der Waals surface area contributed by atoms with Crippen molar-refractivity contribution in [2.45, 2.75) is 23.2 Å². The van der Waals surface area contributed by atoms with Gasteiger partial charge in [0.2, 0.25) is 0 Å². The Morgan fingerprint density at radius 2 is 2.00 bits per heavy atom. The molecule has 0 aliphatic carbocycles. The Bertz CT molecular complexity index is 640. The molecule has 0 atom stereocenters. The van der Waals surface area contributed by atoms with Crippen LogP contribution in [0.15, 0.2) is 45.8 Å². The highest BCUT2D eigenvalue weighted by molar-refractivity contribution is 8.01. The number of nitrogens with zero attached hydrogens (tertiary/aromatic N) is 1. The van der Waals surface area contributed by atoms with Crippen molar-refractivity contribution in [2.75, 3.05) is 0 Å². The molecule has 3 rings (SSSR count). The maximum atomic E-state index is 10.6. The third kappa shape index (κ3) is 3.24. The average Bonchev–Trinajstić information content (AvgIpc) is 3.07. The number of aromatic nitrogens is 2. The molecule has 3 aromatic rings. The van der Waals surface area contributed by atoms with Gasteiger partial charge in [0.05, 0.1) is 20.1 Å². The van der Waals surface area contributed by atoms with E-state index in [9.17, 15) is 4.79 Å². The minimum Gasteiger partial charge on any atom is -0.333 e. The Labute approximate surface area is 120 Å². The lowest BCUT2D eigenvalue weighted by atomic mass is 10.3. The largest absolute Gasteiger partial charge is 0.333 e. The lowest BCUT2D eigenvalue weighted by Gasteiger charge is -1.90. The van der Waals surface area contributed by atoms with Crippen molar-refractivity contribution < 1.29 is 4.79 Å². The molecule has 1 N–H and O–H groups in total. The normalized spacial score (nSPS) is 10.0. The Morgan fingerprint density at radius 3 is 2.68 bits per heavy atom. The summed E-state index contributed by atoms with van der Waals surface area (Å²) in [6.07, 6.45) is 0.868. The first-order valence-electron chi connectivity index (χ1n) is 6.03. The smallest absolute Gasteiger partial charge is 0.172 e. The van der Waals surface area contributed by atoms with Crippen molar-refractivity contribution in [1.82, 2.24) is 9.97 Å². The molecule has 0 aliphatic heterocycles. The number of benzene rings is 1. The second-order valence-electron chi connectivity index (χ2n) is 3.44. The molecule has 19 heavy (non-hydrogen) atoms. The summed E-state index contributed by atoms with van der Waals surface area (Å²) in [7, 11) is 0. The van der Waals surface area contributed by atoms with E-state index in [2.05, 4.69) is 9.97 Å². The highest BCUT2D eigenvalue weighted by Gasteiger charge is 2.06. The number of thiophene rings is 1. The Kier molecular flexibility index (Phi) is 4.76. The molecule has 0 fully saturated rings. The van der Waals surface area contributed by atoms with E-state index < -0.39 is 0 Å². The lowest BCUT2D eigenvalue weighted by molar-refractivity contribution is 0.112. The van der Waals surface area contributed by atoms with Crippen molar-refractivity contribution in [3.8, 4) is 0 Å². The van der Waals surface area contributed by atoms with Gasteiger partial charge < -0.3 is 4.98 Å². The number of carbonyl (C=O) groups excluding carboxylic acids is 1. The molecule has 0 bridgehead atoms. The van der Waals surface area contributed by atoms with Crippen LogP contribution in [0.1, 0.15) is 23.5 Å². The maximum Gasteiger partial charge on any atom is 0.172 e. The molecule has 2 aromatic heterocycles. The van der Waals surface area contributed by atoms with Gasteiger partial charge in [-0.1, -0.05) is 26.0 Å². The first-order chi connectivity index (χ1) is 9.35. The summed E-state index contributed by atoms with van der Waals surface area (Å²) in [4.78, 5) is 19.0. The van der Waals surface area contributed by atoms with Crippen LogP contribution in [0, 0.1) is 0 Å². The van der Waals surface area contributed by atoms with Gasteiger partial charge in [-0.3, -0.25) is 4.79 Å². The van der Waals surface area contributed by atoms with Crippen molar-refractivity contribution in [1.29, 1.82) is 0 Å².